The summed E-state index contributed by atoms with van der Waals surface area (Å²) in [4.78, 5) is 2.73. The molecule has 0 amide bonds. The normalized spacial score (nSPS) is 14.8. The van der Waals surface area contributed by atoms with Crippen molar-refractivity contribution in [2.45, 2.75) is 232 Å². The predicted octanol–water partition coefficient (Wildman–Crippen LogP) is 13.7. The maximum absolute atomic E-state index is 7.21. The molecule has 0 saturated heterocycles. The summed E-state index contributed by atoms with van der Waals surface area (Å²) in [5, 5.41) is 0.459. The molecule has 0 N–H and O–H groups in total. The van der Waals surface area contributed by atoms with Crippen LogP contribution in [0.1, 0.15) is 184 Å². The zero-order valence-electron chi connectivity index (χ0n) is 33.4. The highest BCUT2D eigenvalue weighted by molar-refractivity contribution is 6.74. The third kappa shape index (κ3) is 21.8. The fourth-order valence-corrected chi connectivity index (χ4v) is 8.50. The smallest absolute Gasteiger partial charge is 0.192 e. The van der Waals surface area contributed by atoms with Gasteiger partial charge >= 0.3 is 0 Å². The van der Waals surface area contributed by atoms with Crippen molar-refractivity contribution >= 4 is 16.6 Å². The molecule has 0 aromatic rings. The largest absolute Gasteiger partial charge is 0.413 e. The van der Waals surface area contributed by atoms with Gasteiger partial charge in [-0.3, -0.25) is 4.90 Å². The molecule has 0 aliphatic rings. The van der Waals surface area contributed by atoms with Gasteiger partial charge in [0, 0.05) is 13.1 Å². The molecule has 3 nitrogen and oxygen atoms in total. The molecule has 0 aromatic carbocycles. The summed E-state index contributed by atoms with van der Waals surface area (Å²) >= 11 is 0. The molecule has 0 aliphatic heterocycles. The van der Waals surface area contributed by atoms with E-state index in [0.717, 1.165) is 32.5 Å². The first kappa shape index (κ1) is 45.3. The van der Waals surface area contributed by atoms with Crippen LogP contribution in [-0.2, 0) is 8.85 Å². The van der Waals surface area contributed by atoms with Crippen LogP contribution in [0.25, 0.3) is 0 Å². The minimum Gasteiger partial charge on any atom is -0.413 e. The number of unbranched alkanes of at least 4 members (excludes halogenated alkanes) is 15. The molecule has 0 fully saturated rings. The van der Waals surface area contributed by atoms with Gasteiger partial charge < -0.3 is 8.85 Å². The maximum Gasteiger partial charge on any atom is 0.192 e. The van der Waals surface area contributed by atoms with E-state index in [-0.39, 0.29) is 10.1 Å². The molecule has 0 aromatic heterocycles. The second-order valence-electron chi connectivity index (χ2n) is 17.5. The highest BCUT2D eigenvalue weighted by atomic mass is 28.4. The van der Waals surface area contributed by atoms with Crippen molar-refractivity contribution in [2.75, 3.05) is 19.6 Å². The van der Waals surface area contributed by atoms with E-state index in [2.05, 4.69) is 93.4 Å². The van der Waals surface area contributed by atoms with E-state index in [1.165, 1.54) is 116 Å². The lowest BCUT2D eigenvalue weighted by molar-refractivity contribution is 0.0683. The first-order valence-electron chi connectivity index (χ1n) is 19.9. The topological polar surface area (TPSA) is 21.7 Å². The molecule has 271 valence electrons. The average Bonchev–Trinajstić information content (AvgIpc) is 2.92. The molecule has 45 heavy (non-hydrogen) atoms. The highest BCUT2D eigenvalue weighted by Crippen LogP contribution is 2.39. The first-order chi connectivity index (χ1) is 21.0. The lowest BCUT2D eigenvalue weighted by Crippen LogP contribution is -2.50. The van der Waals surface area contributed by atoms with Crippen molar-refractivity contribution in [3.05, 3.63) is 6.92 Å². The van der Waals surface area contributed by atoms with Gasteiger partial charge in [0.2, 0.25) is 0 Å². The molecule has 0 aliphatic carbocycles. The molecule has 0 bridgehead atoms. The summed E-state index contributed by atoms with van der Waals surface area (Å²) in [6, 6.07) is 0. The fraction of sp³-hybridized carbons (Fsp3) is 0.975. The van der Waals surface area contributed by atoms with Gasteiger partial charge in [-0.05, 0) is 62.1 Å². The lowest BCUT2D eigenvalue weighted by atomic mass is 10.0. The molecule has 2 unspecified atom stereocenters. The molecule has 5 heteroatoms. The Morgan fingerprint density at radius 3 is 1.11 bits per heavy atom. The van der Waals surface area contributed by atoms with Crippen LogP contribution in [0, 0.1) is 6.92 Å². The van der Waals surface area contributed by atoms with E-state index in [1.807, 2.05) is 0 Å². The van der Waals surface area contributed by atoms with Gasteiger partial charge in [-0.15, -0.1) is 0 Å². The monoisotopic (exact) mass is 669 g/mol. The van der Waals surface area contributed by atoms with Crippen molar-refractivity contribution in [1.29, 1.82) is 0 Å². The van der Waals surface area contributed by atoms with Crippen LogP contribution in [0.4, 0.5) is 0 Å². The van der Waals surface area contributed by atoms with Crippen LogP contribution >= 0.6 is 0 Å². The van der Waals surface area contributed by atoms with Crippen LogP contribution in [-0.4, -0.2) is 53.4 Å². The Kier molecular flexibility index (Phi) is 24.6. The van der Waals surface area contributed by atoms with Crippen molar-refractivity contribution < 1.29 is 8.85 Å². The van der Waals surface area contributed by atoms with Gasteiger partial charge in [0.05, 0.1) is 12.2 Å². The molecular formula is C40H86NO2Si2. The Morgan fingerprint density at radius 2 is 0.822 bits per heavy atom. The van der Waals surface area contributed by atoms with Gasteiger partial charge in [0.1, 0.15) is 0 Å². The zero-order valence-corrected chi connectivity index (χ0v) is 35.4. The lowest BCUT2D eigenvalue weighted by Gasteiger charge is -2.42. The summed E-state index contributed by atoms with van der Waals surface area (Å²) < 4.78 is 14.4. The summed E-state index contributed by atoms with van der Waals surface area (Å²) in [5.74, 6) is 0. The van der Waals surface area contributed by atoms with E-state index < -0.39 is 16.6 Å². The second kappa shape index (κ2) is 24.4. The molecular weight excluding hydrogens is 583 g/mol. The Labute approximate surface area is 288 Å². The summed E-state index contributed by atoms with van der Waals surface area (Å²) in [6.07, 6.45) is 27.0. The minimum atomic E-state index is -1.87. The maximum atomic E-state index is 7.21. The predicted molar refractivity (Wildman–Crippen MR) is 210 cm³/mol. The third-order valence-electron chi connectivity index (χ3n) is 10.9. The van der Waals surface area contributed by atoms with E-state index in [9.17, 15) is 0 Å². The Hall–Kier alpha value is 0.314. The SMILES string of the molecule is [CH2]CCCN(CC(CCCCCCCCCC)O[Si](C)(C)C(C)(C)C)CC(CCCCCCCCCC)O[Si](C)(C)C(C)(C)C. The molecule has 0 spiro atoms. The molecule has 2 atom stereocenters. The number of rotatable bonds is 29. The van der Waals surface area contributed by atoms with Crippen LogP contribution in [0.2, 0.25) is 36.3 Å². The standard InChI is InChI=1S/C40H86NO2Si2/c1-14-17-20-22-24-26-28-30-32-37(42-44(10,11)39(4,5)6)35-41(34-19-16-3)36-38(43-45(12,13)40(7,8)9)33-31-29-27-25-23-21-18-15-2/h37-38H,3,14-36H2,1-2,4-13H3. The van der Waals surface area contributed by atoms with Crippen molar-refractivity contribution in [2.24, 2.45) is 0 Å². The Bertz CT molecular complexity index is 629. The van der Waals surface area contributed by atoms with Crippen molar-refractivity contribution in [3.63, 3.8) is 0 Å². The van der Waals surface area contributed by atoms with Crippen LogP contribution < -0.4 is 0 Å². The van der Waals surface area contributed by atoms with Crippen LogP contribution in [0.15, 0.2) is 0 Å². The fourth-order valence-electron chi connectivity index (χ4n) is 5.74. The number of nitrogens with zero attached hydrogens (tertiary/aromatic N) is 1. The van der Waals surface area contributed by atoms with Gasteiger partial charge in [-0.2, -0.15) is 0 Å². The quantitative estimate of drug-likeness (QED) is 0.0585. The summed E-state index contributed by atoms with van der Waals surface area (Å²) in [6.45, 7) is 36.1. The van der Waals surface area contributed by atoms with Crippen LogP contribution in [0.3, 0.4) is 0 Å². The highest BCUT2D eigenvalue weighted by Gasteiger charge is 2.41. The molecule has 0 heterocycles. The van der Waals surface area contributed by atoms with Crippen molar-refractivity contribution in [1.82, 2.24) is 4.90 Å². The van der Waals surface area contributed by atoms with E-state index >= 15 is 0 Å². The number of hydrogen-bond acceptors (Lipinski definition) is 3. The van der Waals surface area contributed by atoms with Gasteiger partial charge in [0.15, 0.2) is 16.6 Å². The Morgan fingerprint density at radius 1 is 0.511 bits per heavy atom. The average molecular weight is 669 g/mol. The molecule has 0 saturated carbocycles. The molecule has 1 radical (unpaired) electrons. The summed E-state index contributed by atoms with van der Waals surface area (Å²) in [5.41, 5.74) is 0. The van der Waals surface area contributed by atoms with E-state index in [1.54, 1.807) is 0 Å². The van der Waals surface area contributed by atoms with Gasteiger partial charge in [-0.1, -0.05) is 171 Å². The Balaban J connectivity index is 5.62. The zero-order chi connectivity index (χ0) is 34.4. The van der Waals surface area contributed by atoms with Crippen LogP contribution in [0.5, 0.6) is 0 Å². The summed E-state index contributed by atoms with van der Waals surface area (Å²) in [7, 11) is -3.73. The van der Waals surface area contributed by atoms with E-state index in [4.69, 9.17) is 8.85 Å². The number of hydrogen-bond donors (Lipinski definition) is 0. The van der Waals surface area contributed by atoms with Crippen molar-refractivity contribution in [3.8, 4) is 0 Å². The molecule has 0 rings (SSSR count). The minimum absolute atomic E-state index is 0.229. The van der Waals surface area contributed by atoms with E-state index in [0.29, 0.717) is 12.2 Å². The second-order valence-corrected chi connectivity index (χ2v) is 27.0. The van der Waals surface area contributed by atoms with Gasteiger partial charge in [-0.25, -0.2) is 0 Å². The van der Waals surface area contributed by atoms with Gasteiger partial charge in [0.25, 0.3) is 0 Å². The first-order valence-corrected chi connectivity index (χ1v) is 25.7. The third-order valence-corrected chi connectivity index (χ3v) is 20.0.